The predicted octanol–water partition coefficient (Wildman–Crippen LogP) is 3.79. The topological polar surface area (TPSA) is 32.8 Å². The first-order valence-corrected chi connectivity index (χ1v) is 10.3. The summed E-state index contributed by atoms with van der Waals surface area (Å²) in [7, 11) is 0. The average Bonchev–Trinajstić information content (AvgIpc) is 2.68. The first kappa shape index (κ1) is 19.1. The quantitative estimate of drug-likeness (QED) is 0.702. The summed E-state index contributed by atoms with van der Waals surface area (Å²) in [4.78, 5) is 17.9. The highest BCUT2D eigenvalue weighted by Gasteiger charge is 2.21. The van der Waals surface area contributed by atoms with Crippen LogP contribution in [0.3, 0.4) is 0 Å². The van der Waals surface area contributed by atoms with E-state index in [-0.39, 0.29) is 12.5 Å². The van der Waals surface area contributed by atoms with Gasteiger partial charge in [-0.05, 0) is 48.2 Å². The number of piperazine rings is 1. The van der Waals surface area contributed by atoms with Crippen LogP contribution in [0.2, 0.25) is 5.02 Å². The van der Waals surface area contributed by atoms with Crippen molar-refractivity contribution in [1.29, 1.82) is 0 Å². The molecule has 1 fully saturated rings. The molecular weight excluding hydrogens is 368 g/mol. The Hall–Kier alpha value is -1.69. The largest absolute Gasteiger partial charge is 0.484 e. The van der Waals surface area contributed by atoms with E-state index in [1.165, 1.54) is 10.5 Å². The van der Waals surface area contributed by atoms with E-state index in [9.17, 15) is 4.79 Å². The third-order valence-corrected chi connectivity index (χ3v) is 5.46. The number of carbonyl (C=O) groups excluding carboxylic acids is 1. The molecule has 1 heterocycles. The van der Waals surface area contributed by atoms with Crippen molar-refractivity contribution in [1.82, 2.24) is 9.80 Å². The molecule has 2 aromatic rings. The summed E-state index contributed by atoms with van der Waals surface area (Å²) in [6.07, 6.45) is 2.09. The van der Waals surface area contributed by atoms with E-state index in [4.69, 9.17) is 16.3 Å². The minimum absolute atomic E-state index is 0.0314. The van der Waals surface area contributed by atoms with Crippen LogP contribution in [0.25, 0.3) is 0 Å². The molecule has 0 bridgehead atoms. The van der Waals surface area contributed by atoms with Crippen molar-refractivity contribution in [3.63, 3.8) is 0 Å². The number of halogens is 1. The van der Waals surface area contributed by atoms with E-state index in [2.05, 4.69) is 35.4 Å². The molecule has 26 heavy (non-hydrogen) atoms. The molecule has 0 aliphatic carbocycles. The van der Waals surface area contributed by atoms with Gasteiger partial charge in [-0.2, -0.15) is 0 Å². The number of hydrogen-bond donors (Lipinski definition) is 0. The minimum Gasteiger partial charge on any atom is -0.484 e. The molecule has 1 aliphatic rings. The maximum Gasteiger partial charge on any atom is 0.260 e. The summed E-state index contributed by atoms with van der Waals surface area (Å²) >= 11 is 7.60. The van der Waals surface area contributed by atoms with Crippen molar-refractivity contribution in [2.24, 2.45) is 0 Å². The van der Waals surface area contributed by atoms with Crippen LogP contribution in [0, 0.1) is 0 Å². The molecule has 0 spiro atoms. The fraction of sp³-hybridized carbons (Fsp3) is 0.350. The van der Waals surface area contributed by atoms with Gasteiger partial charge in [0.2, 0.25) is 0 Å². The Balaban J connectivity index is 1.42. The SMILES string of the molecule is CSc1ccc(CN2CCN(C(=O)COc3ccc(Cl)cc3)CC2)cc1. The summed E-state index contributed by atoms with van der Waals surface area (Å²) in [5.74, 6) is 0.694. The number of nitrogens with zero attached hydrogens (tertiary/aromatic N) is 2. The Bertz CT molecular complexity index is 714. The zero-order valence-electron chi connectivity index (χ0n) is 14.9. The van der Waals surface area contributed by atoms with Gasteiger partial charge in [-0.15, -0.1) is 11.8 Å². The molecule has 6 heteroatoms. The molecule has 1 amide bonds. The summed E-state index contributed by atoms with van der Waals surface area (Å²) in [5, 5.41) is 0.655. The molecule has 0 unspecified atom stereocenters. The highest BCUT2D eigenvalue weighted by atomic mass is 35.5. The first-order valence-electron chi connectivity index (χ1n) is 8.65. The van der Waals surface area contributed by atoms with Crippen molar-refractivity contribution >= 4 is 29.3 Å². The lowest BCUT2D eigenvalue weighted by Crippen LogP contribution is -2.49. The van der Waals surface area contributed by atoms with Gasteiger partial charge in [-0.25, -0.2) is 0 Å². The molecule has 0 atom stereocenters. The monoisotopic (exact) mass is 390 g/mol. The molecule has 138 valence electrons. The van der Waals surface area contributed by atoms with Crippen LogP contribution in [-0.2, 0) is 11.3 Å². The summed E-state index contributed by atoms with van der Waals surface area (Å²) < 4.78 is 5.55. The van der Waals surface area contributed by atoms with Gasteiger partial charge < -0.3 is 9.64 Å². The van der Waals surface area contributed by atoms with Crippen molar-refractivity contribution in [2.75, 3.05) is 39.0 Å². The zero-order valence-corrected chi connectivity index (χ0v) is 16.4. The highest BCUT2D eigenvalue weighted by Crippen LogP contribution is 2.17. The highest BCUT2D eigenvalue weighted by molar-refractivity contribution is 7.98. The molecule has 0 N–H and O–H groups in total. The maximum atomic E-state index is 12.3. The second-order valence-corrected chi connectivity index (χ2v) is 7.56. The Morgan fingerprint density at radius 3 is 2.31 bits per heavy atom. The number of ether oxygens (including phenoxy) is 1. The molecule has 3 rings (SSSR count). The van der Waals surface area contributed by atoms with Crippen LogP contribution in [0.4, 0.5) is 0 Å². The van der Waals surface area contributed by atoms with E-state index in [1.54, 1.807) is 36.0 Å². The van der Waals surface area contributed by atoms with Crippen molar-refractivity contribution in [3.8, 4) is 5.75 Å². The van der Waals surface area contributed by atoms with Crippen LogP contribution < -0.4 is 4.74 Å². The van der Waals surface area contributed by atoms with Crippen LogP contribution in [0.15, 0.2) is 53.4 Å². The smallest absolute Gasteiger partial charge is 0.260 e. The molecule has 0 aromatic heterocycles. The number of amides is 1. The number of carbonyl (C=O) groups is 1. The maximum absolute atomic E-state index is 12.3. The average molecular weight is 391 g/mol. The summed E-state index contributed by atoms with van der Waals surface area (Å²) in [6.45, 7) is 4.25. The summed E-state index contributed by atoms with van der Waals surface area (Å²) in [5.41, 5.74) is 1.31. The standard InChI is InChI=1S/C20H23ClN2O2S/c1-26-19-8-2-16(3-9-19)14-22-10-12-23(13-11-22)20(24)15-25-18-6-4-17(21)5-7-18/h2-9H,10-15H2,1H3. The molecule has 4 nitrogen and oxygen atoms in total. The van der Waals surface area contributed by atoms with Gasteiger partial charge in [0.15, 0.2) is 6.61 Å². The lowest BCUT2D eigenvalue weighted by molar-refractivity contribution is -0.135. The van der Waals surface area contributed by atoms with Crippen LogP contribution in [0.1, 0.15) is 5.56 Å². The van der Waals surface area contributed by atoms with Gasteiger partial charge in [0.05, 0.1) is 0 Å². The predicted molar refractivity (Wildman–Crippen MR) is 107 cm³/mol. The van der Waals surface area contributed by atoms with Crippen LogP contribution in [0.5, 0.6) is 5.75 Å². The minimum atomic E-state index is 0.0314. The fourth-order valence-electron chi connectivity index (χ4n) is 2.91. The second-order valence-electron chi connectivity index (χ2n) is 6.25. The van der Waals surface area contributed by atoms with E-state index >= 15 is 0 Å². The van der Waals surface area contributed by atoms with Crippen molar-refractivity contribution in [2.45, 2.75) is 11.4 Å². The molecule has 0 radical (unpaired) electrons. The van der Waals surface area contributed by atoms with Gasteiger partial charge in [0.1, 0.15) is 5.75 Å². The summed E-state index contributed by atoms with van der Waals surface area (Å²) in [6, 6.07) is 15.7. The van der Waals surface area contributed by atoms with Gasteiger partial charge >= 0.3 is 0 Å². The third kappa shape index (κ3) is 5.40. The normalized spacial score (nSPS) is 15.1. The molecule has 1 aliphatic heterocycles. The molecule has 0 saturated carbocycles. The first-order chi connectivity index (χ1) is 12.6. The van der Waals surface area contributed by atoms with Gasteiger partial charge in [-0.1, -0.05) is 23.7 Å². The Labute approximate surface area is 164 Å². The number of benzene rings is 2. The van der Waals surface area contributed by atoms with E-state index < -0.39 is 0 Å². The Morgan fingerprint density at radius 2 is 1.69 bits per heavy atom. The number of thioether (sulfide) groups is 1. The van der Waals surface area contributed by atoms with Gasteiger partial charge in [0.25, 0.3) is 5.91 Å². The van der Waals surface area contributed by atoms with Crippen LogP contribution in [-0.4, -0.2) is 54.7 Å². The van der Waals surface area contributed by atoms with Gasteiger partial charge in [0, 0.05) is 42.6 Å². The lowest BCUT2D eigenvalue weighted by atomic mass is 10.2. The van der Waals surface area contributed by atoms with E-state index in [0.717, 1.165) is 32.7 Å². The van der Waals surface area contributed by atoms with E-state index in [1.807, 2.05) is 4.90 Å². The van der Waals surface area contributed by atoms with Gasteiger partial charge in [-0.3, -0.25) is 9.69 Å². The van der Waals surface area contributed by atoms with E-state index in [0.29, 0.717) is 10.8 Å². The van der Waals surface area contributed by atoms with Crippen LogP contribution >= 0.6 is 23.4 Å². The number of hydrogen-bond acceptors (Lipinski definition) is 4. The fourth-order valence-corrected chi connectivity index (χ4v) is 3.45. The molecular formula is C20H23ClN2O2S. The van der Waals surface area contributed by atoms with Crippen molar-refractivity contribution < 1.29 is 9.53 Å². The molecule has 1 saturated heterocycles. The third-order valence-electron chi connectivity index (χ3n) is 4.47. The van der Waals surface area contributed by atoms with Crippen molar-refractivity contribution in [3.05, 3.63) is 59.1 Å². The molecule has 2 aromatic carbocycles. The second kappa shape index (κ2) is 9.31. The Kier molecular flexibility index (Phi) is 6.83. The zero-order chi connectivity index (χ0) is 18.4. The number of rotatable bonds is 6. The lowest BCUT2D eigenvalue weighted by Gasteiger charge is -2.34. The Morgan fingerprint density at radius 1 is 1.04 bits per heavy atom.